The molecule has 2 aliphatic rings. The first kappa shape index (κ1) is 13.2. The number of hydrogen-bond acceptors (Lipinski definition) is 1. The van der Waals surface area contributed by atoms with Gasteiger partial charge >= 0.3 is 0 Å². The fourth-order valence-electron chi connectivity index (χ4n) is 3.64. The predicted octanol–water partition coefficient (Wildman–Crippen LogP) is 5.19. The molecule has 0 saturated heterocycles. The Balaban J connectivity index is 1.37. The molecule has 1 nitrogen and oxygen atoms in total. The third kappa shape index (κ3) is 2.67. The van der Waals surface area contributed by atoms with E-state index in [4.69, 9.17) is 11.6 Å². The number of nitrogens with one attached hydrogen (secondary N) is 1. The van der Waals surface area contributed by atoms with E-state index < -0.39 is 0 Å². The van der Waals surface area contributed by atoms with Crippen LogP contribution in [0.15, 0.2) is 42.5 Å². The van der Waals surface area contributed by atoms with E-state index in [9.17, 15) is 0 Å². The number of anilines is 1. The minimum absolute atomic E-state index is 0.616. The summed E-state index contributed by atoms with van der Waals surface area (Å²) in [7, 11) is 0. The van der Waals surface area contributed by atoms with Crippen LogP contribution in [0.3, 0.4) is 0 Å². The van der Waals surface area contributed by atoms with Crippen LogP contribution in [0.2, 0.25) is 5.02 Å². The minimum atomic E-state index is 0.616. The van der Waals surface area contributed by atoms with Crippen LogP contribution < -0.4 is 5.32 Å². The molecule has 0 aromatic heterocycles. The lowest BCUT2D eigenvalue weighted by Gasteiger charge is -2.37. The summed E-state index contributed by atoms with van der Waals surface area (Å²) in [5.41, 5.74) is 5.82. The third-order valence-corrected chi connectivity index (χ3v) is 5.20. The Kier molecular flexibility index (Phi) is 3.39. The van der Waals surface area contributed by atoms with Gasteiger partial charge in [-0.1, -0.05) is 29.8 Å². The molecule has 2 heteroatoms. The summed E-state index contributed by atoms with van der Waals surface area (Å²) >= 11 is 5.95. The Bertz CT molecular complexity index is 641. The fraction of sp³-hybridized carbons (Fsp3) is 0.368. The Morgan fingerprint density at radius 1 is 0.905 bits per heavy atom. The molecule has 0 unspecified atom stereocenters. The Morgan fingerprint density at radius 2 is 1.67 bits per heavy atom. The molecule has 0 bridgehead atoms. The zero-order valence-electron chi connectivity index (χ0n) is 12.1. The van der Waals surface area contributed by atoms with E-state index in [2.05, 4.69) is 35.6 Å². The highest BCUT2D eigenvalue weighted by atomic mass is 35.5. The average molecular weight is 298 g/mol. The molecule has 1 N–H and O–H groups in total. The Hall–Kier alpha value is -1.47. The van der Waals surface area contributed by atoms with Gasteiger partial charge in [-0.15, -0.1) is 0 Å². The van der Waals surface area contributed by atoms with Gasteiger partial charge in [-0.05, 0) is 79.0 Å². The lowest BCUT2D eigenvalue weighted by atomic mass is 9.76. The van der Waals surface area contributed by atoms with Gasteiger partial charge in [0.05, 0.1) is 0 Å². The van der Waals surface area contributed by atoms with Gasteiger partial charge in [0, 0.05) is 16.8 Å². The second-order valence-corrected chi connectivity index (χ2v) is 6.83. The van der Waals surface area contributed by atoms with E-state index in [1.165, 1.54) is 43.4 Å². The lowest BCUT2D eigenvalue weighted by molar-refractivity contribution is 0.374. The van der Waals surface area contributed by atoms with E-state index in [0.717, 1.165) is 5.02 Å². The van der Waals surface area contributed by atoms with Gasteiger partial charge in [0.15, 0.2) is 0 Å². The summed E-state index contributed by atoms with van der Waals surface area (Å²) in [5, 5.41) is 4.52. The Labute approximate surface area is 131 Å². The first-order valence-corrected chi connectivity index (χ1v) is 8.29. The highest BCUT2D eigenvalue weighted by molar-refractivity contribution is 6.30. The molecule has 0 heterocycles. The van der Waals surface area contributed by atoms with E-state index in [-0.39, 0.29) is 0 Å². The molecule has 0 atom stereocenters. The molecular formula is C19H20ClN. The highest BCUT2D eigenvalue weighted by Gasteiger charge is 2.30. The molecule has 2 aliphatic carbocycles. The van der Waals surface area contributed by atoms with E-state index in [1.54, 1.807) is 11.1 Å². The van der Waals surface area contributed by atoms with Crippen LogP contribution in [-0.2, 0) is 12.8 Å². The van der Waals surface area contributed by atoms with Crippen LogP contribution in [0.4, 0.5) is 5.69 Å². The monoisotopic (exact) mass is 297 g/mol. The van der Waals surface area contributed by atoms with Gasteiger partial charge in [-0.2, -0.15) is 0 Å². The van der Waals surface area contributed by atoms with Crippen molar-refractivity contribution >= 4 is 17.3 Å². The summed E-state index contributed by atoms with van der Waals surface area (Å²) < 4.78 is 0. The summed E-state index contributed by atoms with van der Waals surface area (Å²) in [6, 6.07) is 15.9. The molecule has 108 valence electrons. The third-order valence-electron chi connectivity index (χ3n) is 4.95. The van der Waals surface area contributed by atoms with Crippen LogP contribution >= 0.6 is 11.6 Å². The van der Waals surface area contributed by atoms with Crippen molar-refractivity contribution in [3.8, 4) is 0 Å². The first-order chi connectivity index (χ1) is 10.3. The van der Waals surface area contributed by atoms with Crippen molar-refractivity contribution in [1.29, 1.82) is 0 Å². The minimum Gasteiger partial charge on any atom is -0.382 e. The Morgan fingerprint density at radius 3 is 2.48 bits per heavy atom. The summed E-state index contributed by atoms with van der Waals surface area (Å²) in [5.74, 6) is 0.689. The zero-order chi connectivity index (χ0) is 14.2. The summed E-state index contributed by atoms with van der Waals surface area (Å²) in [6.07, 6.45) is 6.28. The van der Waals surface area contributed by atoms with Gasteiger partial charge < -0.3 is 5.32 Å². The molecular weight excluding hydrogens is 278 g/mol. The normalized spacial score (nSPS) is 23.5. The number of halogens is 1. The maximum atomic E-state index is 5.95. The molecule has 4 rings (SSSR count). The van der Waals surface area contributed by atoms with Gasteiger partial charge in [0.1, 0.15) is 0 Å². The molecule has 2 aromatic carbocycles. The van der Waals surface area contributed by atoms with Crippen molar-refractivity contribution in [1.82, 2.24) is 0 Å². The standard InChI is InChI=1S/C19H20ClN/c20-17-7-4-14(5-8-17)16-11-19(12-16)21-18-9-6-13-2-1-3-15(13)10-18/h4-10,16,19,21H,1-3,11-12H2. The van der Waals surface area contributed by atoms with Crippen LogP contribution in [-0.4, -0.2) is 6.04 Å². The topological polar surface area (TPSA) is 12.0 Å². The van der Waals surface area contributed by atoms with E-state index >= 15 is 0 Å². The van der Waals surface area contributed by atoms with Crippen molar-refractivity contribution in [3.63, 3.8) is 0 Å². The van der Waals surface area contributed by atoms with Crippen LogP contribution in [0, 0.1) is 0 Å². The second kappa shape index (κ2) is 5.38. The average Bonchev–Trinajstić information content (AvgIpc) is 2.91. The molecule has 21 heavy (non-hydrogen) atoms. The molecule has 0 amide bonds. The van der Waals surface area contributed by atoms with Crippen molar-refractivity contribution < 1.29 is 0 Å². The number of benzene rings is 2. The van der Waals surface area contributed by atoms with Crippen molar-refractivity contribution in [3.05, 3.63) is 64.2 Å². The van der Waals surface area contributed by atoms with E-state index in [0.29, 0.717) is 12.0 Å². The van der Waals surface area contributed by atoms with E-state index in [1.807, 2.05) is 12.1 Å². The van der Waals surface area contributed by atoms with Crippen LogP contribution in [0.5, 0.6) is 0 Å². The largest absolute Gasteiger partial charge is 0.382 e. The molecule has 1 fully saturated rings. The number of aryl methyl sites for hydroxylation is 2. The summed E-state index contributed by atoms with van der Waals surface area (Å²) in [6.45, 7) is 0. The van der Waals surface area contributed by atoms with Gasteiger partial charge in [-0.3, -0.25) is 0 Å². The van der Waals surface area contributed by atoms with Crippen LogP contribution in [0.25, 0.3) is 0 Å². The predicted molar refractivity (Wildman–Crippen MR) is 89.3 cm³/mol. The SMILES string of the molecule is Clc1ccc(C2CC(Nc3ccc4c(c3)CCC4)C2)cc1. The van der Waals surface area contributed by atoms with Gasteiger partial charge in [-0.25, -0.2) is 0 Å². The smallest absolute Gasteiger partial charge is 0.0406 e. The quantitative estimate of drug-likeness (QED) is 0.822. The molecule has 2 aromatic rings. The first-order valence-electron chi connectivity index (χ1n) is 7.92. The van der Waals surface area contributed by atoms with Crippen molar-refractivity contribution in [2.24, 2.45) is 0 Å². The van der Waals surface area contributed by atoms with Gasteiger partial charge in [0.25, 0.3) is 0 Å². The van der Waals surface area contributed by atoms with Gasteiger partial charge in [0.2, 0.25) is 0 Å². The molecule has 1 saturated carbocycles. The molecule has 0 spiro atoms. The van der Waals surface area contributed by atoms with Crippen molar-refractivity contribution in [2.45, 2.75) is 44.1 Å². The zero-order valence-corrected chi connectivity index (χ0v) is 12.9. The number of fused-ring (bicyclic) bond motifs is 1. The maximum absolute atomic E-state index is 5.95. The highest BCUT2D eigenvalue weighted by Crippen LogP contribution is 2.39. The summed E-state index contributed by atoms with van der Waals surface area (Å²) in [4.78, 5) is 0. The maximum Gasteiger partial charge on any atom is 0.0406 e. The van der Waals surface area contributed by atoms with Crippen LogP contribution in [0.1, 0.15) is 41.9 Å². The number of hydrogen-bond donors (Lipinski definition) is 1. The molecule has 0 aliphatic heterocycles. The number of rotatable bonds is 3. The second-order valence-electron chi connectivity index (χ2n) is 6.40. The van der Waals surface area contributed by atoms with Crippen molar-refractivity contribution in [2.75, 3.05) is 5.32 Å². The lowest BCUT2D eigenvalue weighted by Crippen LogP contribution is -2.34. The molecule has 0 radical (unpaired) electrons. The fourth-order valence-corrected chi connectivity index (χ4v) is 3.77.